The molecule has 1 aliphatic rings. The van der Waals surface area contributed by atoms with Crippen LogP contribution in [0.25, 0.3) is 0 Å². The number of hydrogen-bond acceptors (Lipinski definition) is 3. The minimum atomic E-state index is -0.244. The van der Waals surface area contributed by atoms with Crippen molar-refractivity contribution in [2.75, 3.05) is 19.7 Å². The van der Waals surface area contributed by atoms with Crippen molar-refractivity contribution in [3.8, 4) is 0 Å². The number of aliphatic hydroxyl groups excluding tert-OH is 1. The van der Waals surface area contributed by atoms with Crippen LogP contribution in [-0.4, -0.2) is 24.8 Å². The van der Waals surface area contributed by atoms with Crippen molar-refractivity contribution in [3.63, 3.8) is 0 Å². The van der Waals surface area contributed by atoms with Gasteiger partial charge in [-0.3, -0.25) is 0 Å². The molecule has 3 nitrogen and oxygen atoms in total. The van der Waals surface area contributed by atoms with Crippen LogP contribution in [0.15, 0.2) is 24.3 Å². The molecule has 16 heavy (non-hydrogen) atoms. The molecule has 0 aliphatic carbocycles. The van der Waals surface area contributed by atoms with Crippen molar-refractivity contribution < 1.29 is 5.11 Å². The zero-order valence-corrected chi connectivity index (χ0v) is 9.52. The Balaban J connectivity index is 2.24. The van der Waals surface area contributed by atoms with Crippen LogP contribution in [0.1, 0.15) is 35.9 Å². The summed E-state index contributed by atoms with van der Waals surface area (Å²) in [6, 6.07) is 8.01. The van der Waals surface area contributed by atoms with Crippen LogP contribution in [0.2, 0.25) is 0 Å². The van der Waals surface area contributed by atoms with Gasteiger partial charge >= 0.3 is 0 Å². The first kappa shape index (κ1) is 11.6. The normalized spacial score (nSPS) is 19.6. The first-order valence-electron chi connectivity index (χ1n) is 5.99. The fraction of sp³-hybridized carbons (Fsp3) is 0.538. The van der Waals surface area contributed by atoms with Crippen molar-refractivity contribution in [1.29, 1.82) is 0 Å². The molecule has 1 aromatic carbocycles. The molecule has 1 saturated heterocycles. The van der Waals surface area contributed by atoms with E-state index in [1.165, 1.54) is 5.56 Å². The molecule has 4 N–H and O–H groups in total. The average molecular weight is 220 g/mol. The molecular formula is C13H20N2O. The van der Waals surface area contributed by atoms with Gasteiger partial charge in [-0.25, -0.2) is 0 Å². The Kier molecular flexibility index (Phi) is 3.93. The molecule has 1 fully saturated rings. The standard InChI is InChI=1S/C13H20N2O/c14-13(9-16)12-4-2-1-3-11(12)10-5-7-15-8-6-10/h1-4,10,13,15-16H,5-9,14H2/t13-/m0/s1. The Morgan fingerprint density at radius 1 is 1.31 bits per heavy atom. The summed E-state index contributed by atoms with van der Waals surface area (Å²) in [5.74, 6) is 0.593. The quantitative estimate of drug-likeness (QED) is 0.716. The first-order valence-corrected chi connectivity index (χ1v) is 5.99. The third-order valence-corrected chi connectivity index (χ3v) is 3.37. The lowest BCUT2D eigenvalue weighted by Crippen LogP contribution is -2.28. The predicted molar refractivity (Wildman–Crippen MR) is 65.3 cm³/mol. The molecule has 0 aromatic heterocycles. The minimum absolute atomic E-state index is 0.0159. The van der Waals surface area contributed by atoms with Gasteiger partial charge in [0.1, 0.15) is 0 Å². The van der Waals surface area contributed by atoms with E-state index in [2.05, 4.69) is 17.4 Å². The Hall–Kier alpha value is -0.900. The van der Waals surface area contributed by atoms with Crippen molar-refractivity contribution in [2.24, 2.45) is 5.73 Å². The second-order valence-corrected chi connectivity index (χ2v) is 4.44. The molecule has 0 saturated carbocycles. The molecule has 1 aromatic rings. The summed E-state index contributed by atoms with van der Waals surface area (Å²) >= 11 is 0. The lowest BCUT2D eigenvalue weighted by molar-refractivity contribution is 0.267. The third-order valence-electron chi connectivity index (χ3n) is 3.37. The lowest BCUT2D eigenvalue weighted by Gasteiger charge is -2.26. The van der Waals surface area contributed by atoms with Crippen LogP contribution < -0.4 is 11.1 Å². The van der Waals surface area contributed by atoms with Gasteiger partial charge in [-0.2, -0.15) is 0 Å². The van der Waals surface area contributed by atoms with Gasteiger partial charge in [-0.05, 0) is 43.0 Å². The highest BCUT2D eigenvalue weighted by Crippen LogP contribution is 2.30. The van der Waals surface area contributed by atoms with Gasteiger partial charge < -0.3 is 16.2 Å². The lowest BCUT2D eigenvalue weighted by atomic mass is 9.85. The first-order chi connectivity index (χ1) is 7.83. The van der Waals surface area contributed by atoms with Crippen LogP contribution in [0.3, 0.4) is 0 Å². The molecule has 0 radical (unpaired) electrons. The van der Waals surface area contributed by atoms with E-state index in [9.17, 15) is 5.11 Å². The minimum Gasteiger partial charge on any atom is -0.394 e. The molecule has 0 spiro atoms. The van der Waals surface area contributed by atoms with Crippen molar-refractivity contribution in [2.45, 2.75) is 24.8 Å². The largest absolute Gasteiger partial charge is 0.394 e. The summed E-state index contributed by atoms with van der Waals surface area (Å²) in [6.07, 6.45) is 2.32. The van der Waals surface area contributed by atoms with Crippen LogP contribution >= 0.6 is 0 Å². The van der Waals surface area contributed by atoms with Gasteiger partial charge in [0.25, 0.3) is 0 Å². The second kappa shape index (κ2) is 5.43. The highest BCUT2D eigenvalue weighted by molar-refractivity contribution is 5.33. The van der Waals surface area contributed by atoms with E-state index in [-0.39, 0.29) is 12.6 Å². The maximum atomic E-state index is 9.17. The molecule has 1 atom stereocenters. The van der Waals surface area contributed by atoms with Crippen molar-refractivity contribution >= 4 is 0 Å². The zero-order chi connectivity index (χ0) is 11.4. The predicted octanol–water partition coefficient (Wildman–Crippen LogP) is 1.15. The van der Waals surface area contributed by atoms with E-state index in [1.54, 1.807) is 0 Å². The molecule has 0 unspecified atom stereocenters. The van der Waals surface area contributed by atoms with E-state index >= 15 is 0 Å². The Morgan fingerprint density at radius 3 is 2.69 bits per heavy atom. The smallest absolute Gasteiger partial charge is 0.0624 e. The third kappa shape index (κ3) is 2.43. The van der Waals surface area contributed by atoms with E-state index in [0.717, 1.165) is 31.5 Å². The number of aliphatic hydroxyl groups is 1. The maximum absolute atomic E-state index is 9.17. The van der Waals surface area contributed by atoms with Gasteiger partial charge in [-0.15, -0.1) is 0 Å². The van der Waals surface area contributed by atoms with Crippen LogP contribution in [0.5, 0.6) is 0 Å². The summed E-state index contributed by atoms with van der Waals surface area (Å²) in [5.41, 5.74) is 8.37. The molecule has 2 rings (SSSR count). The summed E-state index contributed by atoms with van der Waals surface area (Å²) in [7, 11) is 0. The number of piperidine rings is 1. The van der Waals surface area contributed by atoms with Gasteiger partial charge in [0.2, 0.25) is 0 Å². The molecule has 0 amide bonds. The number of benzene rings is 1. The van der Waals surface area contributed by atoms with E-state index < -0.39 is 0 Å². The summed E-state index contributed by atoms with van der Waals surface area (Å²) in [5, 5.41) is 12.5. The summed E-state index contributed by atoms with van der Waals surface area (Å²) in [6.45, 7) is 2.17. The summed E-state index contributed by atoms with van der Waals surface area (Å²) < 4.78 is 0. The summed E-state index contributed by atoms with van der Waals surface area (Å²) in [4.78, 5) is 0. The van der Waals surface area contributed by atoms with Crippen molar-refractivity contribution in [1.82, 2.24) is 5.32 Å². The molecule has 88 valence electrons. The molecule has 3 heteroatoms. The van der Waals surface area contributed by atoms with Crippen LogP contribution in [0.4, 0.5) is 0 Å². The monoisotopic (exact) mass is 220 g/mol. The Bertz CT molecular complexity index is 334. The number of hydrogen-bond donors (Lipinski definition) is 3. The maximum Gasteiger partial charge on any atom is 0.0624 e. The molecule has 1 aliphatic heterocycles. The van der Waals surface area contributed by atoms with Crippen molar-refractivity contribution in [3.05, 3.63) is 35.4 Å². The van der Waals surface area contributed by atoms with Gasteiger partial charge in [-0.1, -0.05) is 24.3 Å². The van der Waals surface area contributed by atoms with Gasteiger partial charge in [0, 0.05) is 0 Å². The second-order valence-electron chi connectivity index (χ2n) is 4.44. The Morgan fingerprint density at radius 2 is 2.00 bits per heavy atom. The van der Waals surface area contributed by atoms with Gasteiger partial charge in [0.05, 0.1) is 12.6 Å². The number of nitrogens with one attached hydrogen (secondary N) is 1. The van der Waals surface area contributed by atoms with Crippen LogP contribution in [0, 0.1) is 0 Å². The molecule has 1 heterocycles. The van der Waals surface area contributed by atoms with E-state index in [0.29, 0.717) is 5.92 Å². The van der Waals surface area contributed by atoms with Gasteiger partial charge in [0.15, 0.2) is 0 Å². The fourth-order valence-electron chi connectivity index (χ4n) is 2.45. The number of nitrogens with two attached hydrogens (primary N) is 1. The zero-order valence-electron chi connectivity index (χ0n) is 9.52. The topological polar surface area (TPSA) is 58.3 Å². The fourth-order valence-corrected chi connectivity index (χ4v) is 2.45. The Labute approximate surface area is 96.7 Å². The molecule has 0 bridgehead atoms. The highest BCUT2D eigenvalue weighted by atomic mass is 16.3. The average Bonchev–Trinajstić information content (AvgIpc) is 2.39. The molecular weight excluding hydrogens is 200 g/mol. The van der Waals surface area contributed by atoms with Crippen LogP contribution in [-0.2, 0) is 0 Å². The SMILES string of the molecule is N[C@@H](CO)c1ccccc1C1CCNCC1. The number of rotatable bonds is 3. The van der Waals surface area contributed by atoms with E-state index in [4.69, 9.17) is 5.73 Å². The highest BCUT2D eigenvalue weighted by Gasteiger charge is 2.19. The van der Waals surface area contributed by atoms with E-state index in [1.807, 2.05) is 12.1 Å².